The van der Waals surface area contributed by atoms with E-state index in [4.69, 9.17) is 5.14 Å². The van der Waals surface area contributed by atoms with Gasteiger partial charge >= 0.3 is 0 Å². The average Bonchev–Trinajstić information content (AvgIpc) is 2.18. The Labute approximate surface area is 94.0 Å². The van der Waals surface area contributed by atoms with Crippen molar-refractivity contribution in [1.29, 1.82) is 0 Å². The zero-order chi connectivity index (χ0) is 12.2. The van der Waals surface area contributed by atoms with Crippen molar-refractivity contribution in [1.82, 2.24) is 0 Å². The molecule has 1 aromatic rings. The van der Waals surface area contributed by atoms with E-state index < -0.39 is 10.0 Å². The predicted molar refractivity (Wildman–Crippen MR) is 62.1 cm³/mol. The van der Waals surface area contributed by atoms with Crippen molar-refractivity contribution in [2.24, 2.45) is 5.14 Å². The Morgan fingerprint density at radius 1 is 1.38 bits per heavy atom. The lowest BCUT2D eigenvalue weighted by atomic mass is 10.2. The quantitative estimate of drug-likeness (QED) is 0.755. The highest BCUT2D eigenvalue weighted by Gasteiger charge is 2.04. The number of sulfonamides is 1. The van der Waals surface area contributed by atoms with Crippen LogP contribution in [-0.2, 0) is 20.6 Å². The summed E-state index contributed by atoms with van der Waals surface area (Å²) in [4.78, 5) is 10.9. The average molecular weight is 240 g/mol. The molecule has 0 radical (unpaired) electrons. The summed E-state index contributed by atoms with van der Waals surface area (Å²) in [5.41, 5.74) is 1.14. The fourth-order valence-corrected chi connectivity index (χ4v) is 1.77. The van der Waals surface area contributed by atoms with Crippen molar-refractivity contribution in [3.05, 3.63) is 42.5 Å². The molecule has 0 bridgehead atoms. The van der Waals surface area contributed by atoms with Gasteiger partial charge in [0.05, 0.1) is 5.75 Å². The van der Waals surface area contributed by atoms with Crippen molar-refractivity contribution in [2.45, 2.75) is 5.75 Å². The van der Waals surface area contributed by atoms with Crippen LogP contribution in [0.2, 0.25) is 0 Å². The second kappa shape index (κ2) is 4.91. The molecule has 16 heavy (non-hydrogen) atoms. The van der Waals surface area contributed by atoms with E-state index in [0.717, 1.165) is 6.08 Å². The number of benzene rings is 1. The number of nitrogens with one attached hydrogen (secondary N) is 1. The van der Waals surface area contributed by atoms with Gasteiger partial charge < -0.3 is 5.32 Å². The smallest absolute Gasteiger partial charge is 0.247 e. The third-order valence-electron chi connectivity index (χ3n) is 1.77. The topological polar surface area (TPSA) is 89.3 Å². The van der Waals surface area contributed by atoms with Crippen LogP contribution in [0.25, 0.3) is 0 Å². The highest BCUT2D eigenvalue weighted by Crippen LogP contribution is 2.11. The Kier molecular flexibility index (Phi) is 3.81. The fourth-order valence-electron chi connectivity index (χ4n) is 1.11. The highest BCUT2D eigenvalue weighted by atomic mass is 32.2. The summed E-state index contributed by atoms with van der Waals surface area (Å²) in [6.07, 6.45) is 1.15. The summed E-state index contributed by atoms with van der Waals surface area (Å²) in [6.45, 7) is 3.31. The number of amides is 1. The number of rotatable bonds is 4. The molecule has 1 amide bonds. The summed E-state index contributed by atoms with van der Waals surface area (Å²) in [5.74, 6) is -0.540. The molecular weight excluding hydrogens is 228 g/mol. The number of carbonyl (C=O) groups is 1. The van der Waals surface area contributed by atoms with Gasteiger partial charge in [-0.1, -0.05) is 18.7 Å². The molecule has 0 saturated heterocycles. The maximum Gasteiger partial charge on any atom is 0.247 e. The van der Waals surface area contributed by atoms with Crippen molar-refractivity contribution in [2.75, 3.05) is 5.32 Å². The summed E-state index contributed by atoms with van der Waals surface area (Å²) >= 11 is 0. The zero-order valence-electron chi connectivity index (χ0n) is 8.51. The van der Waals surface area contributed by atoms with Crippen LogP contribution < -0.4 is 10.5 Å². The van der Waals surface area contributed by atoms with Crippen LogP contribution in [-0.4, -0.2) is 14.3 Å². The third-order valence-corrected chi connectivity index (χ3v) is 2.51. The van der Waals surface area contributed by atoms with Gasteiger partial charge in [0.25, 0.3) is 0 Å². The SMILES string of the molecule is C=CC(=O)Nc1ccc(CS(N)(=O)=O)cc1. The Balaban J connectivity index is 2.75. The number of anilines is 1. The lowest BCUT2D eigenvalue weighted by Crippen LogP contribution is -2.14. The number of carbonyl (C=O) groups excluding carboxylic acids is 1. The molecule has 0 aliphatic rings. The lowest BCUT2D eigenvalue weighted by Gasteiger charge is -2.03. The first-order valence-electron chi connectivity index (χ1n) is 4.43. The van der Waals surface area contributed by atoms with Crippen LogP contribution in [0, 0.1) is 0 Å². The molecule has 0 aromatic heterocycles. The maximum atomic E-state index is 10.9. The van der Waals surface area contributed by atoms with E-state index in [1.54, 1.807) is 24.3 Å². The molecule has 0 saturated carbocycles. The van der Waals surface area contributed by atoms with Crippen molar-refractivity contribution < 1.29 is 13.2 Å². The number of hydrogen-bond donors (Lipinski definition) is 2. The molecule has 0 aliphatic carbocycles. The third kappa shape index (κ3) is 4.24. The monoisotopic (exact) mass is 240 g/mol. The summed E-state index contributed by atoms with van der Waals surface area (Å²) in [5, 5.41) is 7.44. The van der Waals surface area contributed by atoms with Gasteiger partial charge in [0, 0.05) is 5.69 Å². The van der Waals surface area contributed by atoms with Crippen LogP contribution in [0.5, 0.6) is 0 Å². The minimum Gasteiger partial charge on any atom is -0.323 e. The Morgan fingerprint density at radius 2 is 1.94 bits per heavy atom. The van der Waals surface area contributed by atoms with Gasteiger partial charge in [-0.15, -0.1) is 0 Å². The molecule has 1 aromatic carbocycles. The largest absolute Gasteiger partial charge is 0.323 e. The molecule has 6 heteroatoms. The molecule has 3 N–H and O–H groups in total. The molecule has 0 heterocycles. The first-order valence-corrected chi connectivity index (χ1v) is 6.15. The molecule has 0 unspecified atom stereocenters. The highest BCUT2D eigenvalue weighted by molar-refractivity contribution is 7.88. The Morgan fingerprint density at radius 3 is 2.38 bits per heavy atom. The van der Waals surface area contributed by atoms with E-state index >= 15 is 0 Å². The first kappa shape index (κ1) is 12.4. The Hall–Kier alpha value is -1.66. The van der Waals surface area contributed by atoms with Crippen molar-refractivity contribution in [3.8, 4) is 0 Å². The molecule has 5 nitrogen and oxygen atoms in total. The van der Waals surface area contributed by atoms with Gasteiger partial charge in [-0.3, -0.25) is 4.79 Å². The molecule has 0 fully saturated rings. The maximum absolute atomic E-state index is 10.9. The van der Waals surface area contributed by atoms with E-state index in [2.05, 4.69) is 11.9 Å². The summed E-state index contributed by atoms with van der Waals surface area (Å²) in [6, 6.07) is 6.37. The minimum absolute atomic E-state index is 0.220. The van der Waals surface area contributed by atoms with E-state index in [0.29, 0.717) is 11.3 Å². The van der Waals surface area contributed by atoms with Gasteiger partial charge in [0.1, 0.15) is 0 Å². The molecule has 86 valence electrons. The molecule has 0 aliphatic heterocycles. The zero-order valence-corrected chi connectivity index (χ0v) is 9.33. The fraction of sp³-hybridized carbons (Fsp3) is 0.100. The van der Waals surface area contributed by atoms with Crippen LogP contribution in [0.15, 0.2) is 36.9 Å². The van der Waals surface area contributed by atoms with Gasteiger partial charge in [0.15, 0.2) is 0 Å². The van der Waals surface area contributed by atoms with Crippen molar-refractivity contribution in [3.63, 3.8) is 0 Å². The molecular formula is C10H12N2O3S. The van der Waals surface area contributed by atoms with Gasteiger partial charge in [0.2, 0.25) is 15.9 Å². The van der Waals surface area contributed by atoms with Crippen LogP contribution in [0.4, 0.5) is 5.69 Å². The van der Waals surface area contributed by atoms with Crippen LogP contribution in [0.1, 0.15) is 5.56 Å². The van der Waals surface area contributed by atoms with Crippen molar-refractivity contribution >= 4 is 21.6 Å². The molecule has 0 atom stereocenters. The minimum atomic E-state index is -3.52. The van der Waals surface area contributed by atoms with E-state index in [-0.39, 0.29) is 11.7 Å². The van der Waals surface area contributed by atoms with Gasteiger partial charge in [-0.2, -0.15) is 0 Å². The summed E-state index contributed by atoms with van der Waals surface area (Å²) < 4.78 is 21.6. The first-order chi connectivity index (χ1) is 7.40. The number of nitrogens with two attached hydrogens (primary N) is 1. The lowest BCUT2D eigenvalue weighted by molar-refractivity contribution is -0.111. The predicted octanol–water partition coefficient (Wildman–Crippen LogP) is 0.600. The Bertz CT molecular complexity index is 491. The number of hydrogen-bond acceptors (Lipinski definition) is 3. The standard InChI is InChI=1S/C10H12N2O3S/c1-2-10(13)12-9-5-3-8(4-6-9)7-16(11,14)15/h2-6H,1,7H2,(H,12,13)(H2,11,14,15). The van der Waals surface area contributed by atoms with Crippen LogP contribution in [0.3, 0.4) is 0 Å². The molecule has 1 rings (SSSR count). The van der Waals surface area contributed by atoms with E-state index in [1.807, 2.05) is 0 Å². The normalized spacial score (nSPS) is 10.8. The van der Waals surface area contributed by atoms with Gasteiger partial charge in [-0.05, 0) is 23.8 Å². The van der Waals surface area contributed by atoms with E-state index in [9.17, 15) is 13.2 Å². The molecule has 0 spiro atoms. The summed E-state index contributed by atoms with van der Waals surface area (Å²) in [7, 11) is -3.52. The second-order valence-electron chi connectivity index (χ2n) is 3.20. The number of primary sulfonamides is 1. The van der Waals surface area contributed by atoms with E-state index in [1.165, 1.54) is 0 Å². The second-order valence-corrected chi connectivity index (χ2v) is 4.81. The van der Waals surface area contributed by atoms with Crippen LogP contribution >= 0.6 is 0 Å². The van der Waals surface area contributed by atoms with Gasteiger partial charge in [-0.25, -0.2) is 13.6 Å².